The molecule has 1 atom stereocenters. The fraction of sp³-hybridized carbons (Fsp3) is 0.250. The number of rotatable bonds is 5. The number of benzene rings is 1. The van der Waals surface area contributed by atoms with Crippen LogP contribution in [0.25, 0.3) is 0 Å². The molecule has 0 amide bonds. The van der Waals surface area contributed by atoms with E-state index in [4.69, 9.17) is 9.76 Å². The number of hydrogen-bond donors (Lipinski definition) is 4. The van der Waals surface area contributed by atoms with Crippen molar-refractivity contribution in [3.05, 3.63) is 29.6 Å². The maximum absolute atomic E-state index is 13.3. The summed E-state index contributed by atoms with van der Waals surface area (Å²) in [6, 6.07) is 4.26. The van der Waals surface area contributed by atoms with Gasteiger partial charge in [-0.25, -0.2) is 14.1 Å². The molecule has 7 heteroatoms. The predicted octanol–water partition coefficient (Wildman–Crippen LogP) is 0.896. The molecular formula is C8H11FN2O3S. The average Bonchev–Trinajstić information content (AvgIpc) is 2.17. The molecule has 1 rings (SSSR count). The van der Waals surface area contributed by atoms with Crippen LogP contribution in [-0.4, -0.2) is 19.8 Å². The van der Waals surface area contributed by atoms with Crippen LogP contribution < -0.4 is 10.8 Å². The van der Waals surface area contributed by atoms with Gasteiger partial charge < -0.3 is 15.1 Å². The highest BCUT2D eigenvalue weighted by molar-refractivity contribution is 7.79. The van der Waals surface area contributed by atoms with Gasteiger partial charge in [-0.15, -0.1) is 0 Å². The highest BCUT2D eigenvalue weighted by atomic mass is 32.2. The number of hydroxylamine groups is 1. The van der Waals surface area contributed by atoms with E-state index in [1.165, 1.54) is 12.1 Å². The Hall–Kier alpha value is -1.02. The maximum atomic E-state index is 13.3. The molecule has 15 heavy (non-hydrogen) atoms. The van der Waals surface area contributed by atoms with E-state index in [-0.39, 0.29) is 18.1 Å². The maximum Gasteiger partial charge on any atom is 0.172 e. The van der Waals surface area contributed by atoms with Crippen molar-refractivity contribution in [2.45, 2.75) is 6.54 Å². The standard InChI is InChI=1S/C8H11FN2O3S/c9-7-3-6(4-11-12)1-2-8(7)10-5-15(13)14/h1-3,10-12H,4-5H2,(H,13,14). The molecular weight excluding hydrogens is 223 g/mol. The number of hydrogen-bond acceptors (Lipinski definition) is 4. The lowest BCUT2D eigenvalue weighted by Gasteiger charge is -2.06. The molecule has 0 bridgehead atoms. The molecule has 4 N–H and O–H groups in total. The first-order chi connectivity index (χ1) is 7.13. The summed E-state index contributed by atoms with van der Waals surface area (Å²) in [5, 5.41) is 10.9. The zero-order valence-corrected chi connectivity index (χ0v) is 8.55. The summed E-state index contributed by atoms with van der Waals surface area (Å²) in [6.45, 7) is 0.142. The first-order valence-corrected chi connectivity index (χ1v) is 5.38. The van der Waals surface area contributed by atoms with Crippen LogP contribution in [-0.2, 0) is 17.6 Å². The lowest BCUT2D eigenvalue weighted by atomic mass is 10.2. The Labute approximate surface area is 88.6 Å². The van der Waals surface area contributed by atoms with Gasteiger partial charge in [0, 0.05) is 6.54 Å². The van der Waals surface area contributed by atoms with E-state index in [1.54, 1.807) is 6.07 Å². The predicted molar refractivity (Wildman–Crippen MR) is 54.3 cm³/mol. The molecule has 0 fully saturated rings. The Balaban J connectivity index is 2.70. The zero-order chi connectivity index (χ0) is 11.3. The van der Waals surface area contributed by atoms with Crippen LogP contribution in [0.4, 0.5) is 10.1 Å². The summed E-state index contributed by atoms with van der Waals surface area (Å²) in [5.41, 5.74) is 2.63. The molecule has 84 valence electrons. The molecule has 0 saturated heterocycles. The van der Waals surface area contributed by atoms with Crippen molar-refractivity contribution in [2.75, 3.05) is 11.2 Å². The first kappa shape index (κ1) is 12.1. The monoisotopic (exact) mass is 234 g/mol. The molecule has 1 aromatic carbocycles. The minimum Gasteiger partial charge on any atom is -0.369 e. The quantitative estimate of drug-likeness (QED) is 0.449. The summed E-state index contributed by atoms with van der Waals surface area (Å²) in [4.78, 5) is 0. The van der Waals surface area contributed by atoms with E-state index < -0.39 is 16.9 Å². The van der Waals surface area contributed by atoms with Crippen LogP contribution in [0.2, 0.25) is 0 Å². The second-order valence-corrected chi connectivity index (χ2v) is 3.72. The highest BCUT2D eigenvalue weighted by Crippen LogP contribution is 2.15. The molecule has 1 unspecified atom stereocenters. The highest BCUT2D eigenvalue weighted by Gasteiger charge is 2.03. The Morgan fingerprint density at radius 2 is 2.20 bits per heavy atom. The van der Waals surface area contributed by atoms with Gasteiger partial charge in [-0.2, -0.15) is 0 Å². The van der Waals surface area contributed by atoms with Crippen molar-refractivity contribution in [3.8, 4) is 0 Å². The van der Waals surface area contributed by atoms with Crippen molar-refractivity contribution in [1.82, 2.24) is 5.48 Å². The van der Waals surface area contributed by atoms with Gasteiger partial charge in [0.15, 0.2) is 11.1 Å². The van der Waals surface area contributed by atoms with Crippen LogP contribution in [0.5, 0.6) is 0 Å². The first-order valence-electron chi connectivity index (χ1n) is 4.10. The van der Waals surface area contributed by atoms with Gasteiger partial charge in [0.1, 0.15) is 11.7 Å². The van der Waals surface area contributed by atoms with Crippen molar-refractivity contribution in [1.29, 1.82) is 0 Å². The van der Waals surface area contributed by atoms with Gasteiger partial charge in [0.2, 0.25) is 0 Å². The van der Waals surface area contributed by atoms with Crippen molar-refractivity contribution in [2.24, 2.45) is 0 Å². The fourth-order valence-corrected chi connectivity index (χ4v) is 1.32. The van der Waals surface area contributed by atoms with Crippen LogP contribution in [0.1, 0.15) is 5.56 Å². The van der Waals surface area contributed by atoms with E-state index in [0.717, 1.165) is 0 Å². The summed E-state index contributed by atoms with van der Waals surface area (Å²) < 4.78 is 32.1. The lowest BCUT2D eigenvalue weighted by Crippen LogP contribution is -2.10. The number of halogens is 1. The van der Waals surface area contributed by atoms with Crippen LogP contribution >= 0.6 is 0 Å². The molecule has 0 aliphatic rings. The van der Waals surface area contributed by atoms with E-state index in [9.17, 15) is 8.60 Å². The molecule has 0 heterocycles. The zero-order valence-electron chi connectivity index (χ0n) is 7.74. The van der Waals surface area contributed by atoms with Gasteiger partial charge in [0.05, 0.1) is 5.69 Å². The Morgan fingerprint density at radius 3 is 2.73 bits per heavy atom. The van der Waals surface area contributed by atoms with Gasteiger partial charge >= 0.3 is 0 Å². The van der Waals surface area contributed by atoms with Gasteiger partial charge in [-0.1, -0.05) is 6.07 Å². The van der Waals surface area contributed by atoms with Crippen molar-refractivity contribution >= 4 is 16.8 Å². The molecule has 0 radical (unpaired) electrons. The van der Waals surface area contributed by atoms with Gasteiger partial charge in [-0.3, -0.25) is 0 Å². The molecule has 5 nitrogen and oxygen atoms in total. The lowest BCUT2D eigenvalue weighted by molar-refractivity contribution is 0.161. The van der Waals surface area contributed by atoms with E-state index in [2.05, 4.69) is 5.32 Å². The Kier molecular flexibility index (Phi) is 4.63. The van der Waals surface area contributed by atoms with Gasteiger partial charge in [0.25, 0.3) is 0 Å². The summed E-state index contributed by atoms with van der Waals surface area (Å²) in [5.74, 6) is -0.762. The molecule has 0 aliphatic carbocycles. The molecule has 0 spiro atoms. The fourth-order valence-electron chi connectivity index (χ4n) is 1.04. The third-order valence-electron chi connectivity index (χ3n) is 1.70. The summed E-state index contributed by atoms with van der Waals surface area (Å²) in [7, 11) is 0. The second-order valence-electron chi connectivity index (χ2n) is 2.79. The second kappa shape index (κ2) is 5.76. The van der Waals surface area contributed by atoms with Crippen LogP contribution in [0, 0.1) is 5.82 Å². The Bertz CT molecular complexity index is 362. The van der Waals surface area contributed by atoms with Crippen LogP contribution in [0.15, 0.2) is 18.2 Å². The van der Waals surface area contributed by atoms with Gasteiger partial charge in [-0.05, 0) is 17.7 Å². The van der Waals surface area contributed by atoms with Crippen molar-refractivity contribution in [3.63, 3.8) is 0 Å². The summed E-state index contributed by atoms with van der Waals surface area (Å²) in [6.07, 6.45) is 0. The normalized spacial score (nSPS) is 12.5. The topological polar surface area (TPSA) is 81.6 Å². The minimum absolute atomic E-state index is 0.142. The van der Waals surface area contributed by atoms with E-state index >= 15 is 0 Å². The minimum atomic E-state index is -2.01. The molecule has 0 aliphatic heterocycles. The third kappa shape index (κ3) is 3.92. The third-order valence-corrected chi connectivity index (χ3v) is 2.09. The molecule has 0 aromatic heterocycles. The van der Waals surface area contributed by atoms with Crippen LogP contribution in [0.3, 0.4) is 0 Å². The van der Waals surface area contributed by atoms with E-state index in [1.807, 2.05) is 5.48 Å². The number of anilines is 1. The Morgan fingerprint density at radius 1 is 1.47 bits per heavy atom. The smallest absolute Gasteiger partial charge is 0.172 e. The van der Waals surface area contributed by atoms with Crippen molar-refractivity contribution < 1.29 is 18.4 Å². The summed E-state index contributed by atoms with van der Waals surface area (Å²) >= 11 is -2.01. The SMILES string of the molecule is O=S(O)CNc1ccc(CNO)cc1F. The number of nitrogens with one attached hydrogen (secondary N) is 2. The average molecular weight is 234 g/mol. The molecule has 1 aromatic rings. The largest absolute Gasteiger partial charge is 0.369 e. The van der Waals surface area contributed by atoms with E-state index in [0.29, 0.717) is 5.56 Å². The molecule has 0 saturated carbocycles.